The van der Waals surface area contributed by atoms with Gasteiger partial charge in [-0.2, -0.15) is 10.1 Å². The summed E-state index contributed by atoms with van der Waals surface area (Å²) in [7, 11) is 0. The van der Waals surface area contributed by atoms with E-state index in [-0.39, 0.29) is 6.04 Å². The van der Waals surface area contributed by atoms with Crippen LogP contribution in [0.2, 0.25) is 10.0 Å². The van der Waals surface area contributed by atoms with Crippen LogP contribution in [-0.4, -0.2) is 15.7 Å². The molecule has 0 saturated heterocycles. The molecule has 2 aromatic heterocycles. The Labute approximate surface area is 259 Å². The fraction of sp³-hybridized carbons (Fsp3) is 0.0857. The zero-order valence-corrected chi connectivity index (χ0v) is 24.7. The van der Waals surface area contributed by atoms with Gasteiger partial charge in [0.1, 0.15) is 17.6 Å². The number of rotatable bonds is 5. The van der Waals surface area contributed by atoms with Gasteiger partial charge in [0.25, 0.3) is 0 Å². The number of anilines is 2. The van der Waals surface area contributed by atoms with Gasteiger partial charge in [0, 0.05) is 10.6 Å². The lowest BCUT2D eigenvalue weighted by Gasteiger charge is -2.33. The van der Waals surface area contributed by atoms with Crippen LogP contribution >= 0.6 is 23.2 Å². The molecule has 0 unspecified atom stereocenters. The lowest BCUT2D eigenvalue weighted by Crippen LogP contribution is -2.42. The number of aryl methyl sites for hydroxylation is 1. The summed E-state index contributed by atoms with van der Waals surface area (Å²) in [5.74, 6) is 3.00. The van der Waals surface area contributed by atoms with E-state index in [1.165, 1.54) is 5.56 Å². The predicted molar refractivity (Wildman–Crippen MR) is 173 cm³/mol. The van der Waals surface area contributed by atoms with E-state index < -0.39 is 0 Å². The molecule has 4 aromatic carbocycles. The van der Waals surface area contributed by atoms with Crippen molar-refractivity contribution in [1.82, 2.24) is 9.78 Å². The van der Waals surface area contributed by atoms with Gasteiger partial charge >= 0.3 is 0 Å². The first-order valence-electron chi connectivity index (χ1n) is 14.1. The molecule has 6 aromatic rings. The largest absolute Gasteiger partial charge is 0.458 e. The van der Waals surface area contributed by atoms with Crippen molar-refractivity contribution in [3.8, 4) is 17.0 Å². The number of furan rings is 1. The van der Waals surface area contributed by atoms with Crippen LogP contribution in [0.3, 0.4) is 0 Å². The van der Waals surface area contributed by atoms with Crippen LogP contribution in [0.5, 0.6) is 0 Å². The Hall–Kier alpha value is -4.78. The normalized spacial score (nSPS) is 15.2. The molecule has 0 aliphatic carbocycles. The Morgan fingerprint density at radius 2 is 1.51 bits per heavy atom. The van der Waals surface area contributed by atoms with Crippen LogP contribution in [0, 0.1) is 6.92 Å². The molecule has 6 nitrogen and oxygen atoms in total. The number of aromatic nitrogens is 2. The van der Waals surface area contributed by atoms with Crippen molar-refractivity contribution < 1.29 is 4.42 Å². The molecule has 43 heavy (non-hydrogen) atoms. The summed E-state index contributed by atoms with van der Waals surface area (Å²) in [5.41, 5.74) is 6.88. The number of benzene rings is 4. The van der Waals surface area contributed by atoms with Crippen molar-refractivity contribution >= 4 is 46.4 Å². The Balaban J connectivity index is 1.35. The van der Waals surface area contributed by atoms with Crippen molar-refractivity contribution in [2.24, 2.45) is 4.99 Å². The summed E-state index contributed by atoms with van der Waals surface area (Å²) in [4.78, 5) is 9.90. The molecule has 2 aliphatic heterocycles. The maximum absolute atomic E-state index is 6.65. The Kier molecular flexibility index (Phi) is 6.14. The van der Waals surface area contributed by atoms with Gasteiger partial charge < -0.3 is 9.32 Å². The number of halogens is 2. The molecule has 0 N–H and O–H groups in total. The molecule has 8 rings (SSSR count). The molecular weight excluding hydrogens is 577 g/mol. The molecular formula is C35H25Cl2N5O. The topological polar surface area (TPSA) is 49.8 Å². The van der Waals surface area contributed by atoms with E-state index in [1.54, 1.807) is 12.1 Å². The zero-order chi connectivity index (χ0) is 29.1. The number of guanidine groups is 1. The van der Waals surface area contributed by atoms with Crippen LogP contribution in [0.15, 0.2) is 125 Å². The van der Waals surface area contributed by atoms with Crippen LogP contribution in [0.1, 0.15) is 28.6 Å². The van der Waals surface area contributed by atoms with E-state index in [0.29, 0.717) is 22.4 Å². The van der Waals surface area contributed by atoms with E-state index >= 15 is 0 Å². The van der Waals surface area contributed by atoms with Crippen molar-refractivity contribution in [2.45, 2.75) is 19.5 Å². The van der Waals surface area contributed by atoms with Gasteiger partial charge in [-0.25, -0.2) is 4.68 Å². The number of fused-ring (bicyclic) bond motifs is 4. The summed E-state index contributed by atoms with van der Waals surface area (Å²) in [6.07, 6.45) is 0. The Bertz CT molecular complexity index is 2020. The van der Waals surface area contributed by atoms with Crippen LogP contribution in [0.25, 0.3) is 17.0 Å². The zero-order valence-electron chi connectivity index (χ0n) is 23.2. The molecule has 0 bridgehead atoms. The highest BCUT2D eigenvalue weighted by Gasteiger charge is 2.45. The number of aliphatic imine (C=N–C) groups is 1. The smallest absolute Gasteiger partial charge is 0.213 e. The number of nitrogens with zero attached hydrogens (tertiary/aromatic N) is 5. The van der Waals surface area contributed by atoms with Gasteiger partial charge in [0.15, 0.2) is 5.82 Å². The predicted octanol–water partition coefficient (Wildman–Crippen LogP) is 9.36. The lowest BCUT2D eigenvalue weighted by molar-refractivity contribution is 0.499. The average molecular weight is 603 g/mol. The van der Waals surface area contributed by atoms with Crippen LogP contribution in [0.4, 0.5) is 17.2 Å². The minimum Gasteiger partial charge on any atom is -0.458 e. The highest BCUT2D eigenvalue weighted by atomic mass is 35.5. The molecule has 2 aliphatic rings. The van der Waals surface area contributed by atoms with E-state index in [9.17, 15) is 0 Å². The van der Waals surface area contributed by atoms with Gasteiger partial charge in [0.05, 0.1) is 39.9 Å². The van der Waals surface area contributed by atoms with Crippen LogP contribution < -0.4 is 9.80 Å². The monoisotopic (exact) mass is 601 g/mol. The minimum atomic E-state index is -0.325. The highest BCUT2D eigenvalue weighted by molar-refractivity contribution is 6.35. The quantitative estimate of drug-likeness (QED) is 0.197. The van der Waals surface area contributed by atoms with E-state index in [2.05, 4.69) is 58.3 Å². The first-order valence-corrected chi connectivity index (χ1v) is 14.8. The summed E-state index contributed by atoms with van der Waals surface area (Å²) in [6, 6.07) is 38.1. The average Bonchev–Trinajstić information content (AvgIpc) is 3.74. The SMILES string of the molecule is Cc1nn(-c2ccccc2)c2c1[C@@H](c1ccc(-c3cc(Cl)ccc3Cl)o1)N1C(=N2)N(Cc2ccccc2)c2ccccc21. The number of hydrogen-bond donors (Lipinski definition) is 0. The second-order valence-corrected chi connectivity index (χ2v) is 11.5. The lowest BCUT2D eigenvalue weighted by atomic mass is 10.0. The maximum atomic E-state index is 6.65. The first-order chi connectivity index (χ1) is 21.1. The fourth-order valence-corrected chi connectivity index (χ4v) is 6.44. The number of hydrogen-bond acceptors (Lipinski definition) is 5. The molecule has 8 heteroatoms. The second-order valence-electron chi connectivity index (χ2n) is 10.6. The van der Waals surface area contributed by atoms with Crippen LogP contribution in [-0.2, 0) is 6.54 Å². The van der Waals surface area contributed by atoms with Gasteiger partial charge in [-0.3, -0.25) is 4.90 Å². The van der Waals surface area contributed by atoms with Crippen molar-refractivity contribution in [3.63, 3.8) is 0 Å². The van der Waals surface area contributed by atoms with Crippen molar-refractivity contribution in [2.75, 3.05) is 9.80 Å². The Morgan fingerprint density at radius 1 is 0.791 bits per heavy atom. The summed E-state index contributed by atoms with van der Waals surface area (Å²) >= 11 is 12.9. The van der Waals surface area contributed by atoms with Gasteiger partial charge in [-0.05, 0) is 67.1 Å². The standard InChI is InChI=1S/C35H25Cl2N5O/c1-22-32-33(31-19-18-30(43-31)26-20-24(36)16-17-27(26)37)41-29-15-9-8-14-28(29)40(21-23-10-4-2-5-11-23)35(41)38-34(32)42(39-22)25-12-6-3-7-13-25/h2-20,33H,21H2,1H3/t33-/m1/s1. The molecule has 0 radical (unpaired) electrons. The van der Waals surface area contributed by atoms with Gasteiger partial charge in [-0.15, -0.1) is 0 Å². The van der Waals surface area contributed by atoms with E-state index in [0.717, 1.165) is 51.4 Å². The third-order valence-corrected chi connectivity index (χ3v) is 8.55. The molecule has 0 amide bonds. The van der Waals surface area contributed by atoms with Crippen molar-refractivity contribution in [3.05, 3.63) is 148 Å². The summed E-state index contributed by atoms with van der Waals surface area (Å²) < 4.78 is 8.59. The van der Waals surface area contributed by atoms with Gasteiger partial charge in [0.2, 0.25) is 5.96 Å². The highest BCUT2D eigenvalue weighted by Crippen LogP contribution is 2.51. The van der Waals surface area contributed by atoms with E-state index in [1.807, 2.05) is 66.2 Å². The Morgan fingerprint density at radius 3 is 2.30 bits per heavy atom. The third kappa shape index (κ3) is 4.25. The summed E-state index contributed by atoms with van der Waals surface area (Å²) in [5, 5.41) is 6.17. The molecule has 0 saturated carbocycles. The van der Waals surface area contributed by atoms with Crippen molar-refractivity contribution in [1.29, 1.82) is 0 Å². The minimum absolute atomic E-state index is 0.325. The van der Waals surface area contributed by atoms with E-state index in [4.69, 9.17) is 37.7 Å². The summed E-state index contributed by atoms with van der Waals surface area (Å²) in [6.45, 7) is 2.70. The van der Waals surface area contributed by atoms with Gasteiger partial charge in [-0.1, -0.05) is 83.9 Å². The second kappa shape index (κ2) is 10.2. The molecule has 1 atom stereocenters. The fourth-order valence-electron chi connectivity index (χ4n) is 6.06. The molecule has 4 heterocycles. The number of para-hydroxylation sites is 3. The molecule has 0 fully saturated rings. The molecule has 210 valence electrons. The third-order valence-electron chi connectivity index (χ3n) is 7.98. The maximum Gasteiger partial charge on any atom is 0.213 e. The molecule has 0 spiro atoms. The first kappa shape index (κ1) is 25.9.